The fourth-order valence-electron chi connectivity index (χ4n) is 4.26. The first-order valence-electron chi connectivity index (χ1n) is 13.1. The lowest BCUT2D eigenvalue weighted by molar-refractivity contribution is -0.122. The Morgan fingerprint density at radius 1 is 0.902 bits per heavy atom. The van der Waals surface area contributed by atoms with Crippen LogP contribution in [0.2, 0.25) is 0 Å². The summed E-state index contributed by atoms with van der Waals surface area (Å²) in [6.45, 7) is 9.06. The summed E-state index contributed by atoms with van der Waals surface area (Å²) in [5.41, 5.74) is 2.90. The van der Waals surface area contributed by atoms with Crippen LogP contribution < -0.4 is 24.4 Å². The summed E-state index contributed by atoms with van der Waals surface area (Å²) in [7, 11) is 0. The summed E-state index contributed by atoms with van der Waals surface area (Å²) in [5.74, 6) is 0.542. The lowest BCUT2D eigenvalue weighted by Crippen LogP contribution is -2.54. The normalized spacial score (nSPS) is 14.5. The number of imide groups is 2. The number of carbonyl (C=O) groups is 3. The fraction of sp³-hybridized carbons (Fsp3) is 0.258. The quantitative estimate of drug-likeness (QED) is 0.138. The van der Waals surface area contributed by atoms with E-state index in [4.69, 9.17) is 14.2 Å². The maximum Gasteiger partial charge on any atom is 0.335 e. The number of amides is 4. The van der Waals surface area contributed by atoms with Gasteiger partial charge in [-0.3, -0.25) is 14.9 Å². The fourth-order valence-corrected chi connectivity index (χ4v) is 5.10. The molecule has 0 aliphatic carbocycles. The molecule has 1 saturated heterocycles. The van der Waals surface area contributed by atoms with Crippen molar-refractivity contribution in [3.05, 3.63) is 85.8 Å². The molecular weight excluding hydrogens is 656 g/mol. The van der Waals surface area contributed by atoms with Crippen LogP contribution in [0.1, 0.15) is 43.4 Å². The Morgan fingerprint density at radius 2 is 1.61 bits per heavy atom. The van der Waals surface area contributed by atoms with Crippen molar-refractivity contribution in [3.8, 4) is 17.2 Å². The number of urea groups is 1. The van der Waals surface area contributed by atoms with Gasteiger partial charge in [0.05, 0.1) is 16.8 Å². The number of hydrogen-bond donors (Lipinski definition) is 1. The Bertz CT molecular complexity index is 1500. The monoisotopic (exact) mass is 684 g/mol. The smallest absolute Gasteiger partial charge is 0.335 e. The molecule has 1 aliphatic heterocycles. The summed E-state index contributed by atoms with van der Waals surface area (Å²) in [4.78, 5) is 39.3. The van der Waals surface area contributed by atoms with Crippen LogP contribution in [0.3, 0.4) is 0 Å². The Hall–Kier alpha value is -3.63. The van der Waals surface area contributed by atoms with Crippen molar-refractivity contribution in [2.24, 2.45) is 0 Å². The lowest BCUT2D eigenvalue weighted by Gasteiger charge is -2.26. The minimum absolute atomic E-state index is 0.192. The zero-order valence-corrected chi connectivity index (χ0v) is 26.3. The maximum atomic E-state index is 13.3. The molecule has 8 nitrogen and oxygen atoms in total. The Morgan fingerprint density at radius 3 is 2.29 bits per heavy atom. The zero-order chi connectivity index (χ0) is 29.7. The molecule has 1 fully saturated rings. The summed E-state index contributed by atoms with van der Waals surface area (Å²) in [6, 6.07) is 15.4. The molecule has 10 heteroatoms. The van der Waals surface area contributed by atoms with Crippen molar-refractivity contribution in [2.75, 3.05) is 24.7 Å². The second kappa shape index (κ2) is 13.4. The minimum Gasteiger partial charge on any atom is -0.490 e. The standard InChI is InChI=1S/C31H30Br2N2O6/c1-5-39-27-17-20(15-24-29(36)34-31(38)35(30(24)37)22-9-7-21(32)8-10-22)16-25(33)28(27)41-13-12-40-26-14-19(4)6-11-23(26)18(2)3/h6-11,14-18H,5,12-13H2,1-4H3,(H,34,36,38). The van der Waals surface area contributed by atoms with E-state index in [1.807, 2.05) is 19.9 Å². The largest absolute Gasteiger partial charge is 0.490 e. The van der Waals surface area contributed by atoms with Gasteiger partial charge < -0.3 is 14.2 Å². The first-order chi connectivity index (χ1) is 19.6. The third kappa shape index (κ3) is 7.18. The van der Waals surface area contributed by atoms with Crippen LogP contribution in [-0.4, -0.2) is 37.7 Å². The predicted molar refractivity (Wildman–Crippen MR) is 165 cm³/mol. The van der Waals surface area contributed by atoms with Crippen LogP contribution in [0.15, 0.2) is 69.1 Å². The molecule has 214 valence electrons. The topological polar surface area (TPSA) is 94.2 Å². The Balaban J connectivity index is 1.54. The van der Waals surface area contributed by atoms with E-state index in [-0.39, 0.29) is 12.2 Å². The molecule has 0 spiro atoms. The number of halogens is 2. The van der Waals surface area contributed by atoms with E-state index in [9.17, 15) is 14.4 Å². The van der Waals surface area contributed by atoms with Crippen LogP contribution in [0, 0.1) is 6.92 Å². The van der Waals surface area contributed by atoms with E-state index in [0.717, 1.165) is 26.2 Å². The molecule has 0 saturated carbocycles. The number of barbiturate groups is 1. The van der Waals surface area contributed by atoms with Crippen molar-refractivity contribution < 1.29 is 28.6 Å². The number of nitrogens with one attached hydrogen (secondary N) is 1. The van der Waals surface area contributed by atoms with E-state index in [1.54, 1.807) is 36.4 Å². The molecule has 4 amide bonds. The van der Waals surface area contributed by atoms with E-state index in [1.165, 1.54) is 6.08 Å². The SMILES string of the molecule is CCOc1cc(C=C2C(=O)NC(=O)N(c3ccc(Br)cc3)C2=O)cc(Br)c1OCCOc1cc(C)ccc1C(C)C. The van der Waals surface area contributed by atoms with Crippen molar-refractivity contribution in [2.45, 2.75) is 33.6 Å². The summed E-state index contributed by atoms with van der Waals surface area (Å²) in [5, 5.41) is 2.24. The second-order valence-electron chi connectivity index (χ2n) is 9.59. The molecule has 1 heterocycles. The molecule has 4 rings (SSSR count). The average molecular weight is 686 g/mol. The van der Waals surface area contributed by atoms with E-state index < -0.39 is 17.8 Å². The lowest BCUT2D eigenvalue weighted by atomic mass is 10.0. The van der Waals surface area contributed by atoms with Crippen molar-refractivity contribution in [3.63, 3.8) is 0 Å². The molecule has 3 aromatic rings. The predicted octanol–water partition coefficient (Wildman–Crippen LogP) is 7.17. The second-order valence-corrected chi connectivity index (χ2v) is 11.4. The highest BCUT2D eigenvalue weighted by Crippen LogP contribution is 2.38. The van der Waals surface area contributed by atoms with E-state index in [2.05, 4.69) is 63.2 Å². The summed E-state index contributed by atoms with van der Waals surface area (Å²) in [6.07, 6.45) is 1.42. The van der Waals surface area contributed by atoms with E-state index in [0.29, 0.717) is 46.4 Å². The third-order valence-corrected chi connectivity index (χ3v) is 7.33. The van der Waals surface area contributed by atoms with Gasteiger partial charge >= 0.3 is 6.03 Å². The first-order valence-corrected chi connectivity index (χ1v) is 14.7. The van der Waals surface area contributed by atoms with Gasteiger partial charge in [0, 0.05) is 4.47 Å². The molecule has 0 bridgehead atoms. The van der Waals surface area contributed by atoms with Gasteiger partial charge in [0.25, 0.3) is 11.8 Å². The summed E-state index contributed by atoms with van der Waals surface area (Å²) >= 11 is 6.87. The number of carbonyl (C=O) groups excluding carboxylic acids is 3. The van der Waals surface area contributed by atoms with Gasteiger partial charge in [-0.25, -0.2) is 9.69 Å². The van der Waals surface area contributed by atoms with Crippen LogP contribution >= 0.6 is 31.9 Å². The van der Waals surface area contributed by atoms with E-state index >= 15 is 0 Å². The Labute approximate surface area is 255 Å². The van der Waals surface area contributed by atoms with Crippen LogP contribution in [0.25, 0.3) is 6.08 Å². The molecule has 0 aromatic heterocycles. The highest BCUT2D eigenvalue weighted by Gasteiger charge is 2.36. The Kier molecular flexibility index (Phi) is 9.88. The number of aryl methyl sites for hydroxylation is 1. The molecule has 1 N–H and O–H groups in total. The van der Waals surface area contributed by atoms with Gasteiger partial charge in [0.1, 0.15) is 24.5 Å². The number of nitrogens with zero attached hydrogens (tertiary/aromatic N) is 1. The van der Waals surface area contributed by atoms with Gasteiger partial charge in [-0.15, -0.1) is 0 Å². The van der Waals surface area contributed by atoms with Crippen molar-refractivity contribution >= 4 is 61.5 Å². The van der Waals surface area contributed by atoms with Gasteiger partial charge in [-0.1, -0.05) is 41.9 Å². The molecule has 0 radical (unpaired) electrons. The first kappa shape index (κ1) is 30.3. The van der Waals surface area contributed by atoms with Gasteiger partial charge in [-0.05, 0) is 101 Å². The number of hydrogen-bond acceptors (Lipinski definition) is 6. The minimum atomic E-state index is -0.812. The van der Waals surface area contributed by atoms with Gasteiger partial charge in [-0.2, -0.15) is 0 Å². The van der Waals surface area contributed by atoms with Gasteiger partial charge in [0.2, 0.25) is 0 Å². The average Bonchev–Trinajstić information content (AvgIpc) is 2.91. The maximum absolute atomic E-state index is 13.3. The zero-order valence-electron chi connectivity index (χ0n) is 23.1. The molecule has 0 atom stereocenters. The highest BCUT2D eigenvalue weighted by atomic mass is 79.9. The third-order valence-electron chi connectivity index (χ3n) is 6.21. The molecule has 0 unspecified atom stereocenters. The van der Waals surface area contributed by atoms with Crippen molar-refractivity contribution in [1.29, 1.82) is 0 Å². The number of rotatable bonds is 10. The number of ether oxygens (including phenoxy) is 3. The highest BCUT2D eigenvalue weighted by molar-refractivity contribution is 9.10. The number of benzene rings is 3. The van der Waals surface area contributed by atoms with Crippen LogP contribution in [0.4, 0.5) is 10.5 Å². The van der Waals surface area contributed by atoms with Crippen molar-refractivity contribution in [1.82, 2.24) is 5.32 Å². The molecule has 41 heavy (non-hydrogen) atoms. The molecule has 3 aromatic carbocycles. The molecular formula is C31H30Br2N2O6. The molecule has 1 aliphatic rings. The van der Waals surface area contributed by atoms with Crippen LogP contribution in [0.5, 0.6) is 17.2 Å². The number of anilines is 1. The summed E-state index contributed by atoms with van der Waals surface area (Å²) < 4.78 is 19.3. The van der Waals surface area contributed by atoms with Crippen LogP contribution in [-0.2, 0) is 9.59 Å². The van der Waals surface area contributed by atoms with Gasteiger partial charge in [0.15, 0.2) is 11.5 Å².